The van der Waals surface area contributed by atoms with Crippen LogP contribution in [0.4, 0.5) is 0 Å². The third-order valence-electron chi connectivity index (χ3n) is 1.67. The van der Waals surface area contributed by atoms with Gasteiger partial charge in [0.1, 0.15) is 5.76 Å². The average molecular weight is 193 g/mol. The Morgan fingerprint density at radius 1 is 1.57 bits per heavy atom. The third-order valence-corrected chi connectivity index (χ3v) is 1.67. The quantitative estimate of drug-likeness (QED) is 0.800. The Labute approximate surface area is 79.0 Å². The minimum Gasteiger partial charge on any atom is -0.475 e. The fourth-order valence-corrected chi connectivity index (χ4v) is 1.05. The van der Waals surface area contributed by atoms with Gasteiger partial charge in [-0.15, -0.1) is 0 Å². The summed E-state index contributed by atoms with van der Waals surface area (Å²) in [5, 5.41) is 8.57. The molecular formula is C9H7NO4. The van der Waals surface area contributed by atoms with Gasteiger partial charge in [-0.05, 0) is 12.1 Å². The zero-order valence-electron chi connectivity index (χ0n) is 7.14. The number of hydrogen-bond acceptors (Lipinski definition) is 4. The Kier molecular flexibility index (Phi) is 2.06. The second-order valence-electron chi connectivity index (χ2n) is 2.68. The lowest BCUT2D eigenvalue weighted by molar-refractivity contribution is 0.0660. The van der Waals surface area contributed by atoms with Crippen molar-refractivity contribution in [3.05, 3.63) is 42.0 Å². The van der Waals surface area contributed by atoms with Crippen molar-refractivity contribution in [1.29, 1.82) is 0 Å². The molecule has 14 heavy (non-hydrogen) atoms. The van der Waals surface area contributed by atoms with Crippen LogP contribution in [0.25, 0.3) is 0 Å². The molecule has 5 nitrogen and oxygen atoms in total. The summed E-state index contributed by atoms with van der Waals surface area (Å²) in [6.07, 6.45) is 3.08. The van der Waals surface area contributed by atoms with Crippen LogP contribution in [0.2, 0.25) is 0 Å². The first-order valence-corrected chi connectivity index (χ1v) is 3.96. The number of nitrogens with zero attached hydrogens (tertiary/aromatic N) is 1. The second kappa shape index (κ2) is 3.37. The molecule has 0 saturated heterocycles. The summed E-state index contributed by atoms with van der Waals surface area (Å²) in [5.74, 6) is -0.268. The van der Waals surface area contributed by atoms with Gasteiger partial charge in [0.05, 0.1) is 18.9 Å². The summed E-state index contributed by atoms with van der Waals surface area (Å²) in [6, 6.07) is 3.51. The molecule has 0 radical (unpaired) electrons. The summed E-state index contributed by atoms with van der Waals surface area (Å²) < 4.78 is 10.0. The van der Waals surface area contributed by atoms with E-state index in [-0.39, 0.29) is 5.76 Å². The number of aromatic carboxylic acids is 1. The van der Waals surface area contributed by atoms with Crippen molar-refractivity contribution in [2.45, 2.75) is 6.42 Å². The number of rotatable bonds is 3. The molecule has 0 unspecified atom stereocenters. The highest BCUT2D eigenvalue weighted by molar-refractivity contribution is 5.83. The van der Waals surface area contributed by atoms with Crippen LogP contribution in [-0.2, 0) is 6.42 Å². The van der Waals surface area contributed by atoms with E-state index >= 15 is 0 Å². The highest BCUT2D eigenvalue weighted by Gasteiger charge is 2.11. The van der Waals surface area contributed by atoms with Gasteiger partial charge in [0.2, 0.25) is 11.7 Å². The first-order chi connectivity index (χ1) is 6.75. The van der Waals surface area contributed by atoms with Gasteiger partial charge in [-0.1, -0.05) is 0 Å². The molecule has 0 atom stereocenters. The molecule has 0 amide bonds. The topological polar surface area (TPSA) is 76.5 Å². The molecule has 2 aromatic rings. The highest BCUT2D eigenvalue weighted by atomic mass is 16.4. The fourth-order valence-electron chi connectivity index (χ4n) is 1.05. The molecule has 0 bridgehead atoms. The second-order valence-corrected chi connectivity index (χ2v) is 2.68. The van der Waals surface area contributed by atoms with Gasteiger partial charge in [0.25, 0.3) is 0 Å². The highest BCUT2D eigenvalue weighted by Crippen LogP contribution is 2.10. The van der Waals surface area contributed by atoms with Crippen LogP contribution < -0.4 is 0 Å². The van der Waals surface area contributed by atoms with Crippen molar-refractivity contribution < 1.29 is 18.7 Å². The molecule has 0 saturated carbocycles. The molecule has 5 heteroatoms. The number of carboxylic acids is 1. The van der Waals surface area contributed by atoms with E-state index in [2.05, 4.69) is 4.98 Å². The normalized spacial score (nSPS) is 10.3. The lowest BCUT2D eigenvalue weighted by Gasteiger charge is -1.89. The standard InChI is InChI=1S/C9H7NO4/c11-9(12)7-5-10-8(14-7)4-6-2-1-3-13-6/h1-3,5H,4H2,(H,11,12). The summed E-state index contributed by atoms with van der Waals surface area (Å²) in [5.41, 5.74) is 0. The third kappa shape index (κ3) is 1.66. The van der Waals surface area contributed by atoms with Crippen molar-refractivity contribution >= 4 is 5.97 Å². The van der Waals surface area contributed by atoms with Crippen molar-refractivity contribution in [2.24, 2.45) is 0 Å². The Hall–Kier alpha value is -2.04. The van der Waals surface area contributed by atoms with Crippen molar-refractivity contribution in [3.8, 4) is 0 Å². The monoisotopic (exact) mass is 193 g/mol. The van der Waals surface area contributed by atoms with Crippen LogP contribution >= 0.6 is 0 Å². The number of hydrogen-bond donors (Lipinski definition) is 1. The predicted octanol–water partition coefficient (Wildman–Crippen LogP) is 1.56. The number of carboxylic acid groups (broad SMARTS) is 1. The molecule has 0 fully saturated rings. The van der Waals surface area contributed by atoms with Gasteiger partial charge in [-0.3, -0.25) is 0 Å². The lowest BCUT2D eigenvalue weighted by Crippen LogP contribution is -1.92. The fraction of sp³-hybridized carbons (Fsp3) is 0.111. The van der Waals surface area contributed by atoms with Crippen LogP contribution in [-0.4, -0.2) is 16.1 Å². The van der Waals surface area contributed by atoms with E-state index in [0.29, 0.717) is 18.1 Å². The van der Waals surface area contributed by atoms with E-state index in [9.17, 15) is 4.79 Å². The number of furan rings is 1. The zero-order chi connectivity index (χ0) is 9.97. The van der Waals surface area contributed by atoms with Gasteiger partial charge in [-0.2, -0.15) is 0 Å². The van der Waals surface area contributed by atoms with Gasteiger partial charge in [0, 0.05) is 0 Å². The molecule has 72 valence electrons. The Bertz CT molecular complexity index is 429. The number of aromatic nitrogens is 1. The maximum Gasteiger partial charge on any atom is 0.373 e. The van der Waals surface area contributed by atoms with E-state index in [1.807, 2.05) is 0 Å². The molecule has 0 aliphatic heterocycles. The largest absolute Gasteiger partial charge is 0.475 e. The minimum atomic E-state index is -1.12. The molecule has 0 aliphatic rings. The predicted molar refractivity (Wildman–Crippen MR) is 45.0 cm³/mol. The molecule has 2 heterocycles. The smallest absolute Gasteiger partial charge is 0.373 e. The molecule has 1 N–H and O–H groups in total. The summed E-state index contributed by atoms with van der Waals surface area (Å²) in [4.78, 5) is 14.3. The van der Waals surface area contributed by atoms with E-state index in [1.165, 1.54) is 12.5 Å². The van der Waals surface area contributed by atoms with Crippen LogP contribution in [0.15, 0.2) is 33.4 Å². The van der Waals surface area contributed by atoms with Crippen LogP contribution in [0.5, 0.6) is 0 Å². The molecule has 0 aromatic carbocycles. The van der Waals surface area contributed by atoms with Gasteiger partial charge < -0.3 is 13.9 Å². The minimum absolute atomic E-state index is 0.161. The Morgan fingerprint density at radius 2 is 2.43 bits per heavy atom. The average Bonchev–Trinajstić information content (AvgIpc) is 2.75. The summed E-state index contributed by atoms with van der Waals surface area (Å²) >= 11 is 0. The Morgan fingerprint density at radius 3 is 3.00 bits per heavy atom. The van der Waals surface area contributed by atoms with E-state index in [4.69, 9.17) is 13.9 Å². The molecular weight excluding hydrogens is 186 g/mol. The number of oxazole rings is 1. The summed E-state index contributed by atoms with van der Waals surface area (Å²) in [6.45, 7) is 0. The molecule has 0 spiro atoms. The van der Waals surface area contributed by atoms with E-state index in [0.717, 1.165) is 0 Å². The van der Waals surface area contributed by atoms with Crippen molar-refractivity contribution in [2.75, 3.05) is 0 Å². The van der Waals surface area contributed by atoms with Gasteiger partial charge in [-0.25, -0.2) is 9.78 Å². The maximum atomic E-state index is 10.5. The molecule has 0 aliphatic carbocycles. The molecule has 2 aromatic heterocycles. The zero-order valence-corrected chi connectivity index (χ0v) is 7.14. The lowest BCUT2D eigenvalue weighted by atomic mass is 10.3. The van der Waals surface area contributed by atoms with Crippen molar-refractivity contribution in [3.63, 3.8) is 0 Å². The SMILES string of the molecule is O=C(O)c1cnc(Cc2ccco2)o1. The summed E-state index contributed by atoms with van der Waals surface area (Å²) in [7, 11) is 0. The van der Waals surface area contributed by atoms with E-state index in [1.54, 1.807) is 12.1 Å². The van der Waals surface area contributed by atoms with E-state index < -0.39 is 5.97 Å². The van der Waals surface area contributed by atoms with Crippen LogP contribution in [0.3, 0.4) is 0 Å². The van der Waals surface area contributed by atoms with Crippen LogP contribution in [0, 0.1) is 0 Å². The van der Waals surface area contributed by atoms with Crippen molar-refractivity contribution in [1.82, 2.24) is 4.98 Å². The first-order valence-electron chi connectivity index (χ1n) is 3.96. The maximum absolute atomic E-state index is 10.5. The number of carbonyl (C=O) groups is 1. The van der Waals surface area contributed by atoms with Gasteiger partial charge >= 0.3 is 5.97 Å². The first kappa shape index (κ1) is 8.55. The molecule has 2 rings (SSSR count). The van der Waals surface area contributed by atoms with Crippen LogP contribution in [0.1, 0.15) is 22.2 Å². The van der Waals surface area contributed by atoms with Gasteiger partial charge in [0.15, 0.2) is 0 Å². The Balaban J connectivity index is 2.14.